The van der Waals surface area contributed by atoms with Gasteiger partial charge in [0.15, 0.2) is 5.78 Å². The molecule has 0 spiro atoms. The number of esters is 1. The maximum Gasteiger partial charge on any atom is 0.377 e. The van der Waals surface area contributed by atoms with Crippen molar-refractivity contribution in [2.75, 3.05) is 7.11 Å². The first kappa shape index (κ1) is 13.9. The van der Waals surface area contributed by atoms with Crippen LogP contribution >= 0.6 is 0 Å². The Labute approximate surface area is 114 Å². The van der Waals surface area contributed by atoms with Gasteiger partial charge in [0.2, 0.25) is 0 Å². The number of ketones is 1. The van der Waals surface area contributed by atoms with Crippen molar-refractivity contribution in [3.8, 4) is 5.69 Å². The molecule has 1 aromatic carbocycles. The number of halogens is 1. The van der Waals surface area contributed by atoms with Crippen LogP contribution in [0.3, 0.4) is 0 Å². The van der Waals surface area contributed by atoms with Crippen LogP contribution in [-0.2, 0) is 4.74 Å². The van der Waals surface area contributed by atoms with Crippen LogP contribution in [0.1, 0.15) is 33.5 Å². The zero-order valence-electron chi connectivity index (χ0n) is 11.2. The first-order valence-electron chi connectivity index (χ1n) is 5.75. The molecular weight excluding hydrogens is 265 g/mol. The van der Waals surface area contributed by atoms with E-state index in [-0.39, 0.29) is 17.2 Å². The lowest BCUT2D eigenvalue weighted by Crippen LogP contribution is -2.08. The van der Waals surface area contributed by atoms with Gasteiger partial charge in [-0.3, -0.25) is 4.79 Å². The van der Waals surface area contributed by atoms with Crippen LogP contribution < -0.4 is 0 Å². The maximum absolute atomic E-state index is 13.6. The monoisotopic (exact) mass is 277 g/mol. The summed E-state index contributed by atoms with van der Waals surface area (Å²) < 4.78 is 19.3. The van der Waals surface area contributed by atoms with Crippen LogP contribution in [0.4, 0.5) is 4.39 Å². The van der Waals surface area contributed by atoms with E-state index < -0.39 is 11.8 Å². The Morgan fingerprint density at radius 2 is 2.05 bits per heavy atom. The Morgan fingerprint density at radius 3 is 2.65 bits per heavy atom. The molecule has 0 saturated heterocycles. The standard InChI is InChI=1S/C13H12FN3O3/c1-7-4-11(9(8(2)18)5-10(7)14)17-6-15-12(16-17)13(19)20-3/h4-6H,1-3H3. The van der Waals surface area contributed by atoms with Crippen LogP contribution in [0, 0.1) is 12.7 Å². The molecule has 0 fully saturated rings. The number of nitrogens with zero attached hydrogens (tertiary/aromatic N) is 3. The van der Waals surface area contributed by atoms with E-state index in [0.717, 1.165) is 6.07 Å². The van der Waals surface area contributed by atoms with Crippen LogP contribution in [-0.4, -0.2) is 33.6 Å². The fraction of sp³-hybridized carbons (Fsp3) is 0.231. The highest BCUT2D eigenvalue weighted by Crippen LogP contribution is 2.19. The maximum atomic E-state index is 13.6. The molecule has 6 nitrogen and oxygen atoms in total. The van der Waals surface area contributed by atoms with Crippen LogP contribution in [0.15, 0.2) is 18.5 Å². The number of ether oxygens (including phenoxy) is 1. The number of hydrogen-bond acceptors (Lipinski definition) is 5. The van der Waals surface area contributed by atoms with Gasteiger partial charge in [-0.05, 0) is 31.5 Å². The van der Waals surface area contributed by atoms with Gasteiger partial charge in [-0.2, -0.15) is 0 Å². The van der Waals surface area contributed by atoms with E-state index in [0.29, 0.717) is 11.3 Å². The van der Waals surface area contributed by atoms with Gasteiger partial charge in [-0.25, -0.2) is 18.9 Å². The Bertz CT molecular complexity index is 694. The van der Waals surface area contributed by atoms with Gasteiger partial charge in [0, 0.05) is 5.56 Å². The predicted octanol–water partition coefficient (Wildman–Crippen LogP) is 1.70. The molecule has 2 aromatic rings. The lowest BCUT2D eigenvalue weighted by molar-refractivity contribution is 0.0587. The van der Waals surface area contributed by atoms with Crippen molar-refractivity contribution in [3.05, 3.63) is 41.2 Å². The SMILES string of the molecule is COC(=O)c1ncn(-c2cc(C)c(F)cc2C(C)=O)n1. The summed E-state index contributed by atoms with van der Waals surface area (Å²) in [6.07, 6.45) is 1.27. The Morgan fingerprint density at radius 1 is 1.35 bits per heavy atom. The number of benzene rings is 1. The molecule has 0 aliphatic rings. The van der Waals surface area contributed by atoms with Crippen molar-refractivity contribution in [1.82, 2.24) is 14.8 Å². The van der Waals surface area contributed by atoms with Crippen molar-refractivity contribution in [2.45, 2.75) is 13.8 Å². The lowest BCUT2D eigenvalue weighted by Gasteiger charge is -2.08. The van der Waals surface area contributed by atoms with Gasteiger partial charge in [0.25, 0.3) is 5.82 Å². The lowest BCUT2D eigenvalue weighted by atomic mass is 10.1. The van der Waals surface area contributed by atoms with Gasteiger partial charge < -0.3 is 4.74 Å². The molecule has 0 bridgehead atoms. The Balaban J connectivity index is 2.57. The van der Waals surface area contributed by atoms with Gasteiger partial charge in [-0.1, -0.05) is 0 Å². The number of carbonyl (C=O) groups is 2. The highest BCUT2D eigenvalue weighted by Gasteiger charge is 2.17. The molecular formula is C13H12FN3O3. The third-order valence-electron chi connectivity index (χ3n) is 2.76. The fourth-order valence-electron chi connectivity index (χ4n) is 1.70. The van der Waals surface area contributed by atoms with Crippen LogP contribution in [0.2, 0.25) is 0 Å². The first-order chi connectivity index (χ1) is 9.43. The van der Waals surface area contributed by atoms with E-state index >= 15 is 0 Å². The molecule has 1 aromatic heterocycles. The number of Topliss-reactive ketones (excluding diaryl/α,β-unsaturated/α-hetero) is 1. The molecule has 0 atom stereocenters. The minimum absolute atomic E-state index is 0.135. The summed E-state index contributed by atoms with van der Waals surface area (Å²) in [5, 5.41) is 3.92. The molecule has 0 saturated carbocycles. The van der Waals surface area contributed by atoms with E-state index in [1.54, 1.807) is 6.92 Å². The zero-order chi connectivity index (χ0) is 14.9. The largest absolute Gasteiger partial charge is 0.463 e. The summed E-state index contributed by atoms with van der Waals surface area (Å²) in [6.45, 7) is 2.90. The topological polar surface area (TPSA) is 74.1 Å². The van der Waals surface area contributed by atoms with E-state index in [9.17, 15) is 14.0 Å². The Hall–Kier alpha value is -2.57. The summed E-state index contributed by atoms with van der Waals surface area (Å²) >= 11 is 0. The van der Waals surface area contributed by atoms with Gasteiger partial charge in [-0.15, -0.1) is 5.10 Å². The van der Waals surface area contributed by atoms with Gasteiger partial charge in [0.05, 0.1) is 12.8 Å². The highest BCUT2D eigenvalue weighted by atomic mass is 19.1. The third kappa shape index (κ3) is 2.42. The summed E-state index contributed by atoms with van der Waals surface area (Å²) in [6, 6.07) is 2.62. The number of rotatable bonds is 3. The number of aromatic nitrogens is 3. The van der Waals surface area contributed by atoms with Crippen molar-refractivity contribution >= 4 is 11.8 Å². The molecule has 0 radical (unpaired) electrons. The molecule has 1 heterocycles. The van der Waals surface area contributed by atoms with E-state index in [1.165, 1.54) is 31.1 Å². The molecule has 0 unspecified atom stereocenters. The van der Waals surface area contributed by atoms with Crippen molar-refractivity contribution < 1.29 is 18.7 Å². The molecule has 0 N–H and O–H groups in total. The number of methoxy groups -OCH3 is 1. The smallest absolute Gasteiger partial charge is 0.377 e. The molecule has 0 amide bonds. The minimum Gasteiger partial charge on any atom is -0.463 e. The van der Waals surface area contributed by atoms with Gasteiger partial charge >= 0.3 is 5.97 Å². The quantitative estimate of drug-likeness (QED) is 0.630. The highest BCUT2D eigenvalue weighted by molar-refractivity contribution is 5.97. The van der Waals surface area contributed by atoms with Crippen LogP contribution in [0.5, 0.6) is 0 Å². The second-order valence-electron chi connectivity index (χ2n) is 4.18. The molecule has 104 valence electrons. The predicted molar refractivity (Wildman–Crippen MR) is 67.4 cm³/mol. The van der Waals surface area contributed by atoms with E-state index in [4.69, 9.17) is 0 Å². The van der Waals surface area contributed by atoms with E-state index in [1.807, 2.05) is 0 Å². The summed E-state index contributed by atoms with van der Waals surface area (Å²) in [5.41, 5.74) is 0.883. The summed E-state index contributed by atoms with van der Waals surface area (Å²) in [4.78, 5) is 26.7. The van der Waals surface area contributed by atoms with Crippen molar-refractivity contribution in [1.29, 1.82) is 0 Å². The average Bonchev–Trinajstić information content (AvgIpc) is 2.89. The molecule has 20 heavy (non-hydrogen) atoms. The van der Waals surface area contributed by atoms with Crippen molar-refractivity contribution in [2.24, 2.45) is 0 Å². The summed E-state index contributed by atoms with van der Waals surface area (Å²) in [7, 11) is 1.21. The Kier molecular flexibility index (Phi) is 3.60. The zero-order valence-corrected chi connectivity index (χ0v) is 11.2. The second kappa shape index (κ2) is 5.20. The second-order valence-corrected chi connectivity index (χ2v) is 4.18. The van der Waals surface area contributed by atoms with Gasteiger partial charge in [0.1, 0.15) is 12.1 Å². The minimum atomic E-state index is -0.688. The summed E-state index contributed by atoms with van der Waals surface area (Å²) in [5.74, 6) is -1.61. The number of carbonyl (C=O) groups excluding carboxylic acids is 2. The number of hydrogen-bond donors (Lipinski definition) is 0. The van der Waals surface area contributed by atoms with Crippen molar-refractivity contribution in [3.63, 3.8) is 0 Å². The van der Waals surface area contributed by atoms with E-state index in [2.05, 4.69) is 14.8 Å². The molecule has 0 aliphatic carbocycles. The fourth-order valence-corrected chi connectivity index (χ4v) is 1.70. The third-order valence-corrected chi connectivity index (χ3v) is 2.76. The molecule has 7 heteroatoms. The average molecular weight is 277 g/mol. The number of aryl methyl sites for hydroxylation is 1. The molecule has 0 aliphatic heterocycles. The van der Waals surface area contributed by atoms with Crippen LogP contribution in [0.25, 0.3) is 5.69 Å². The first-order valence-corrected chi connectivity index (χ1v) is 5.75. The normalized spacial score (nSPS) is 10.4. The molecule has 2 rings (SSSR count).